The highest BCUT2D eigenvalue weighted by molar-refractivity contribution is 6.31. The number of hydrogen-bond donors (Lipinski definition) is 1. The fourth-order valence-corrected chi connectivity index (χ4v) is 2.55. The number of carbonyl (C=O) groups is 1. The minimum atomic E-state index is -1.01. The highest BCUT2D eigenvalue weighted by atomic mass is 35.5. The van der Waals surface area contributed by atoms with Gasteiger partial charge in [0.15, 0.2) is 0 Å². The Morgan fingerprint density at radius 2 is 1.73 bits per heavy atom. The first-order valence-corrected chi connectivity index (χ1v) is 7.16. The van der Waals surface area contributed by atoms with Crippen LogP contribution < -0.4 is 4.74 Å². The number of halogens is 1. The van der Waals surface area contributed by atoms with Gasteiger partial charge in [0.25, 0.3) is 0 Å². The summed E-state index contributed by atoms with van der Waals surface area (Å²) in [5.41, 5.74) is 0.985. The molecule has 4 heteroatoms. The molecule has 0 bridgehead atoms. The predicted octanol–water partition coefficient (Wildman–Crippen LogP) is 4.77. The SMILES string of the molecule is O=C(O)c1c(OCc2ccccc2Cl)ccc2ccccc12. The van der Waals surface area contributed by atoms with Crippen molar-refractivity contribution in [2.24, 2.45) is 0 Å². The fourth-order valence-electron chi connectivity index (χ4n) is 2.36. The van der Waals surface area contributed by atoms with Crippen molar-refractivity contribution in [2.45, 2.75) is 6.61 Å². The first-order valence-electron chi connectivity index (χ1n) is 6.78. The van der Waals surface area contributed by atoms with Crippen molar-refractivity contribution < 1.29 is 14.6 Å². The normalized spacial score (nSPS) is 10.6. The van der Waals surface area contributed by atoms with E-state index >= 15 is 0 Å². The van der Waals surface area contributed by atoms with Gasteiger partial charge >= 0.3 is 5.97 Å². The Bertz CT molecular complexity index is 843. The van der Waals surface area contributed by atoms with Gasteiger partial charge in [0.2, 0.25) is 0 Å². The number of carboxylic acid groups (broad SMARTS) is 1. The van der Waals surface area contributed by atoms with E-state index < -0.39 is 5.97 Å². The molecular formula is C18H13ClO3. The molecule has 0 fully saturated rings. The Kier molecular flexibility index (Phi) is 3.98. The van der Waals surface area contributed by atoms with Crippen LogP contribution in [0.3, 0.4) is 0 Å². The second-order valence-electron chi connectivity index (χ2n) is 4.85. The maximum atomic E-state index is 11.6. The van der Waals surface area contributed by atoms with Crippen LogP contribution in [0.25, 0.3) is 10.8 Å². The highest BCUT2D eigenvalue weighted by Crippen LogP contribution is 2.29. The minimum Gasteiger partial charge on any atom is -0.488 e. The summed E-state index contributed by atoms with van der Waals surface area (Å²) < 4.78 is 5.71. The van der Waals surface area contributed by atoms with E-state index in [0.717, 1.165) is 10.9 Å². The van der Waals surface area contributed by atoms with E-state index in [-0.39, 0.29) is 12.2 Å². The summed E-state index contributed by atoms with van der Waals surface area (Å²) in [6.45, 7) is 0.221. The average molecular weight is 313 g/mol. The van der Waals surface area contributed by atoms with Crippen LogP contribution in [-0.4, -0.2) is 11.1 Å². The second-order valence-corrected chi connectivity index (χ2v) is 5.25. The fraction of sp³-hybridized carbons (Fsp3) is 0.0556. The third kappa shape index (κ3) is 2.76. The minimum absolute atomic E-state index is 0.171. The molecule has 0 aliphatic heterocycles. The van der Waals surface area contributed by atoms with Crippen molar-refractivity contribution in [3.05, 3.63) is 76.8 Å². The number of aromatic carboxylic acids is 1. The van der Waals surface area contributed by atoms with E-state index in [1.54, 1.807) is 18.2 Å². The van der Waals surface area contributed by atoms with Crippen LogP contribution in [0.2, 0.25) is 5.02 Å². The maximum Gasteiger partial charge on any atom is 0.340 e. The van der Waals surface area contributed by atoms with Crippen LogP contribution in [0, 0.1) is 0 Å². The van der Waals surface area contributed by atoms with E-state index in [4.69, 9.17) is 16.3 Å². The highest BCUT2D eigenvalue weighted by Gasteiger charge is 2.16. The molecular weight excluding hydrogens is 300 g/mol. The number of carboxylic acids is 1. The van der Waals surface area contributed by atoms with E-state index in [1.807, 2.05) is 42.5 Å². The van der Waals surface area contributed by atoms with Gasteiger partial charge in [-0.3, -0.25) is 0 Å². The van der Waals surface area contributed by atoms with Gasteiger partial charge in [0, 0.05) is 10.6 Å². The third-order valence-corrected chi connectivity index (χ3v) is 3.81. The topological polar surface area (TPSA) is 46.5 Å². The molecule has 0 unspecified atom stereocenters. The zero-order valence-electron chi connectivity index (χ0n) is 11.6. The number of ether oxygens (including phenoxy) is 1. The van der Waals surface area contributed by atoms with Gasteiger partial charge in [-0.05, 0) is 22.9 Å². The van der Waals surface area contributed by atoms with E-state index in [1.165, 1.54) is 0 Å². The molecule has 22 heavy (non-hydrogen) atoms. The predicted molar refractivity (Wildman–Crippen MR) is 86.7 cm³/mol. The zero-order valence-corrected chi connectivity index (χ0v) is 12.4. The molecule has 0 saturated heterocycles. The number of rotatable bonds is 4. The molecule has 3 aromatic carbocycles. The lowest BCUT2D eigenvalue weighted by Gasteiger charge is -2.12. The molecule has 1 N–H and O–H groups in total. The van der Waals surface area contributed by atoms with Crippen LogP contribution in [-0.2, 0) is 6.61 Å². The summed E-state index contributed by atoms with van der Waals surface area (Å²) in [6.07, 6.45) is 0. The second kappa shape index (κ2) is 6.08. The Balaban J connectivity index is 1.98. The van der Waals surface area contributed by atoms with Gasteiger partial charge in [0.05, 0.1) is 0 Å². The van der Waals surface area contributed by atoms with Crippen molar-refractivity contribution in [1.82, 2.24) is 0 Å². The Labute approximate surface area is 132 Å². The third-order valence-electron chi connectivity index (χ3n) is 3.45. The molecule has 3 nitrogen and oxygen atoms in total. The number of fused-ring (bicyclic) bond motifs is 1. The largest absolute Gasteiger partial charge is 0.488 e. The molecule has 0 amide bonds. The molecule has 0 atom stereocenters. The quantitative estimate of drug-likeness (QED) is 0.754. The lowest BCUT2D eigenvalue weighted by molar-refractivity contribution is 0.0694. The summed E-state index contributed by atoms with van der Waals surface area (Å²) in [5, 5.41) is 11.6. The van der Waals surface area contributed by atoms with Gasteiger partial charge in [-0.15, -0.1) is 0 Å². The molecule has 0 aliphatic carbocycles. The molecule has 0 saturated carbocycles. The monoisotopic (exact) mass is 312 g/mol. The van der Waals surface area contributed by atoms with Crippen LogP contribution >= 0.6 is 11.6 Å². The standard InChI is InChI=1S/C18H13ClO3/c19-15-8-4-2-6-13(15)11-22-16-10-9-12-5-1-3-7-14(12)17(16)18(20)21/h1-10H,11H2,(H,20,21). The van der Waals surface area contributed by atoms with Gasteiger partial charge in [-0.2, -0.15) is 0 Å². The van der Waals surface area contributed by atoms with Gasteiger partial charge in [-0.1, -0.05) is 60.1 Å². The van der Waals surface area contributed by atoms with E-state index in [0.29, 0.717) is 16.2 Å². The first-order chi connectivity index (χ1) is 10.7. The van der Waals surface area contributed by atoms with Gasteiger partial charge < -0.3 is 9.84 Å². The van der Waals surface area contributed by atoms with Crippen molar-refractivity contribution in [3.8, 4) is 5.75 Å². The van der Waals surface area contributed by atoms with Gasteiger partial charge in [0.1, 0.15) is 17.9 Å². The molecule has 0 radical (unpaired) electrons. The Hall–Kier alpha value is -2.52. The maximum absolute atomic E-state index is 11.6. The van der Waals surface area contributed by atoms with E-state index in [2.05, 4.69) is 0 Å². The zero-order chi connectivity index (χ0) is 15.5. The van der Waals surface area contributed by atoms with Gasteiger partial charge in [-0.25, -0.2) is 4.79 Å². The summed E-state index contributed by atoms with van der Waals surface area (Å²) in [4.78, 5) is 11.6. The molecule has 3 aromatic rings. The Morgan fingerprint density at radius 3 is 2.50 bits per heavy atom. The van der Waals surface area contributed by atoms with E-state index in [9.17, 15) is 9.90 Å². The number of benzene rings is 3. The van der Waals surface area contributed by atoms with Crippen molar-refractivity contribution in [2.75, 3.05) is 0 Å². The lowest BCUT2D eigenvalue weighted by atomic mass is 10.0. The molecule has 0 spiro atoms. The van der Waals surface area contributed by atoms with Crippen molar-refractivity contribution >= 4 is 28.3 Å². The Morgan fingerprint density at radius 1 is 1.00 bits per heavy atom. The number of hydrogen-bond acceptors (Lipinski definition) is 2. The van der Waals surface area contributed by atoms with Crippen LogP contribution in [0.15, 0.2) is 60.7 Å². The molecule has 3 rings (SSSR count). The summed E-state index contributed by atoms with van der Waals surface area (Å²) in [7, 11) is 0. The first kappa shape index (κ1) is 14.4. The van der Waals surface area contributed by atoms with Crippen LogP contribution in [0.5, 0.6) is 5.75 Å². The summed E-state index contributed by atoms with van der Waals surface area (Å²) >= 11 is 6.09. The molecule has 0 aromatic heterocycles. The molecule has 0 aliphatic rings. The molecule has 110 valence electrons. The van der Waals surface area contributed by atoms with Crippen LogP contribution in [0.4, 0.5) is 0 Å². The van der Waals surface area contributed by atoms with Crippen molar-refractivity contribution in [1.29, 1.82) is 0 Å². The lowest BCUT2D eigenvalue weighted by Crippen LogP contribution is -2.04. The summed E-state index contributed by atoms with van der Waals surface area (Å²) in [6, 6.07) is 18.2. The van der Waals surface area contributed by atoms with Crippen LogP contribution in [0.1, 0.15) is 15.9 Å². The van der Waals surface area contributed by atoms with Crippen molar-refractivity contribution in [3.63, 3.8) is 0 Å². The smallest absolute Gasteiger partial charge is 0.340 e. The molecule has 0 heterocycles. The summed E-state index contributed by atoms with van der Waals surface area (Å²) in [5.74, 6) is -0.669. The average Bonchev–Trinajstić information content (AvgIpc) is 2.53.